The number of hydrogen-bond donors (Lipinski definition) is 1. The number of carboxylic acid groups (broad SMARTS) is 1. The number of carboxylic acids is 1. The van der Waals surface area contributed by atoms with Crippen molar-refractivity contribution in [2.45, 2.75) is 6.92 Å². The van der Waals surface area contributed by atoms with Crippen molar-refractivity contribution in [1.82, 2.24) is 4.57 Å². The van der Waals surface area contributed by atoms with E-state index in [1.165, 1.54) is 43.0 Å². The molecule has 6 heteroatoms. The van der Waals surface area contributed by atoms with Gasteiger partial charge in [-0.05, 0) is 25.1 Å². The number of benzene rings is 1. The Hall–Kier alpha value is -2.63. The van der Waals surface area contributed by atoms with Crippen LogP contribution in [0.15, 0.2) is 30.5 Å². The molecule has 2 aromatic rings. The maximum atomic E-state index is 13.2. The first-order chi connectivity index (χ1) is 9.43. The van der Waals surface area contributed by atoms with E-state index in [-0.39, 0.29) is 22.8 Å². The van der Waals surface area contributed by atoms with E-state index in [4.69, 9.17) is 4.74 Å². The molecule has 0 aliphatic rings. The summed E-state index contributed by atoms with van der Waals surface area (Å²) in [6.07, 6.45) is 1.39. The van der Waals surface area contributed by atoms with Crippen LogP contribution in [0.3, 0.4) is 0 Å². The van der Waals surface area contributed by atoms with E-state index in [0.29, 0.717) is 5.69 Å². The van der Waals surface area contributed by atoms with E-state index in [0.717, 1.165) is 6.07 Å². The molecule has 1 N–H and O–H groups in total. The molecule has 0 saturated carbocycles. The molecule has 0 atom stereocenters. The molecule has 0 spiro atoms. The zero-order valence-electron chi connectivity index (χ0n) is 10.9. The molecule has 0 aliphatic carbocycles. The van der Waals surface area contributed by atoms with Crippen molar-refractivity contribution in [2.24, 2.45) is 0 Å². The predicted octanol–water partition coefficient (Wildman–Crippen LogP) is 2.53. The molecule has 0 bridgehead atoms. The van der Waals surface area contributed by atoms with Crippen molar-refractivity contribution >= 4 is 11.8 Å². The number of aromatic carboxylic acids is 1. The fourth-order valence-electron chi connectivity index (χ4n) is 1.87. The molecule has 0 saturated heterocycles. The Kier molecular flexibility index (Phi) is 3.56. The molecule has 2 rings (SSSR count). The SMILES string of the molecule is COc1cc(F)ccc1-n1cc(C(C)=O)cc1C(=O)O. The molecule has 0 amide bonds. The molecule has 0 radical (unpaired) electrons. The van der Waals surface area contributed by atoms with Gasteiger partial charge in [-0.1, -0.05) is 0 Å². The molecule has 1 heterocycles. The molecule has 0 fully saturated rings. The minimum Gasteiger partial charge on any atom is -0.494 e. The number of hydrogen-bond acceptors (Lipinski definition) is 3. The first kappa shape index (κ1) is 13.8. The molecule has 104 valence electrons. The Morgan fingerprint density at radius 2 is 2.00 bits per heavy atom. The minimum absolute atomic E-state index is 0.0971. The summed E-state index contributed by atoms with van der Waals surface area (Å²) in [6.45, 7) is 1.34. The highest BCUT2D eigenvalue weighted by molar-refractivity contribution is 5.97. The molecule has 0 aliphatic heterocycles. The van der Waals surface area contributed by atoms with Crippen LogP contribution in [0, 0.1) is 5.82 Å². The van der Waals surface area contributed by atoms with Gasteiger partial charge in [-0.2, -0.15) is 0 Å². The maximum absolute atomic E-state index is 13.2. The van der Waals surface area contributed by atoms with E-state index in [1.54, 1.807) is 0 Å². The average Bonchev–Trinajstić information content (AvgIpc) is 2.83. The van der Waals surface area contributed by atoms with Crippen LogP contribution in [-0.2, 0) is 0 Å². The Bertz CT molecular complexity index is 690. The summed E-state index contributed by atoms with van der Waals surface area (Å²) in [6, 6.07) is 5.00. The van der Waals surface area contributed by atoms with Crippen LogP contribution in [-0.4, -0.2) is 28.5 Å². The zero-order valence-corrected chi connectivity index (χ0v) is 10.9. The third-order valence-corrected chi connectivity index (χ3v) is 2.85. The Labute approximate surface area is 114 Å². The van der Waals surface area contributed by atoms with Gasteiger partial charge in [-0.3, -0.25) is 4.79 Å². The number of halogens is 1. The number of Topliss-reactive ketones (excluding diaryl/α,β-unsaturated/α-hetero) is 1. The third kappa shape index (κ3) is 2.40. The highest BCUT2D eigenvalue weighted by Crippen LogP contribution is 2.26. The van der Waals surface area contributed by atoms with Crippen LogP contribution in [0.1, 0.15) is 27.8 Å². The number of carbonyl (C=O) groups is 2. The number of rotatable bonds is 4. The lowest BCUT2D eigenvalue weighted by Gasteiger charge is -2.11. The fourth-order valence-corrected chi connectivity index (χ4v) is 1.87. The van der Waals surface area contributed by atoms with Gasteiger partial charge in [0.2, 0.25) is 0 Å². The van der Waals surface area contributed by atoms with Gasteiger partial charge < -0.3 is 14.4 Å². The minimum atomic E-state index is -1.19. The lowest BCUT2D eigenvalue weighted by Crippen LogP contribution is -2.07. The molecular weight excluding hydrogens is 265 g/mol. The zero-order chi connectivity index (χ0) is 14.9. The highest BCUT2D eigenvalue weighted by Gasteiger charge is 2.18. The number of nitrogens with zero attached hydrogens (tertiary/aromatic N) is 1. The van der Waals surface area contributed by atoms with E-state index < -0.39 is 11.8 Å². The molecule has 20 heavy (non-hydrogen) atoms. The summed E-state index contributed by atoms with van der Waals surface area (Å²) in [5.41, 5.74) is 0.507. The van der Waals surface area contributed by atoms with Crippen LogP contribution in [0.25, 0.3) is 5.69 Å². The van der Waals surface area contributed by atoms with E-state index in [9.17, 15) is 19.1 Å². The second kappa shape index (κ2) is 5.16. The van der Waals surface area contributed by atoms with Gasteiger partial charge in [0, 0.05) is 17.8 Å². The molecule has 1 aromatic carbocycles. The molecule has 1 aromatic heterocycles. The number of aromatic nitrogens is 1. The summed E-state index contributed by atoms with van der Waals surface area (Å²) in [5.74, 6) is -1.77. The Morgan fingerprint density at radius 3 is 2.55 bits per heavy atom. The Balaban J connectivity index is 2.68. The largest absolute Gasteiger partial charge is 0.494 e. The van der Waals surface area contributed by atoms with Crippen LogP contribution in [0.2, 0.25) is 0 Å². The third-order valence-electron chi connectivity index (χ3n) is 2.85. The lowest BCUT2D eigenvalue weighted by atomic mass is 10.2. The number of methoxy groups -OCH3 is 1. The normalized spacial score (nSPS) is 10.3. The quantitative estimate of drug-likeness (QED) is 0.872. The summed E-state index contributed by atoms with van der Waals surface area (Å²) < 4.78 is 19.5. The standard InChI is InChI=1S/C14H12FNO4/c1-8(17)9-5-12(14(18)19)16(7-9)11-4-3-10(15)6-13(11)20-2/h3-7H,1-2H3,(H,18,19). The van der Waals surface area contributed by atoms with Crippen LogP contribution < -0.4 is 4.74 Å². The van der Waals surface area contributed by atoms with Gasteiger partial charge in [0.05, 0.1) is 12.8 Å². The van der Waals surface area contributed by atoms with E-state index in [1.807, 2.05) is 0 Å². The fraction of sp³-hybridized carbons (Fsp3) is 0.143. The smallest absolute Gasteiger partial charge is 0.352 e. The number of ether oxygens (including phenoxy) is 1. The predicted molar refractivity (Wildman–Crippen MR) is 69.2 cm³/mol. The average molecular weight is 277 g/mol. The second-order valence-electron chi connectivity index (χ2n) is 4.16. The summed E-state index contributed by atoms with van der Waals surface area (Å²) in [5, 5.41) is 9.19. The number of ketones is 1. The van der Waals surface area contributed by atoms with Gasteiger partial charge in [0.25, 0.3) is 0 Å². The van der Waals surface area contributed by atoms with Crippen molar-refractivity contribution in [3.05, 3.63) is 47.5 Å². The van der Waals surface area contributed by atoms with Gasteiger partial charge in [-0.15, -0.1) is 0 Å². The van der Waals surface area contributed by atoms with Crippen molar-refractivity contribution in [1.29, 1.82) is 0 Å². The van der Waals surface area contributed by atoms with Gasteiger partial charge in [0.1, 0.15) is 17.3 Å². The van der Waals surface area contributed by atoms with E-state index in [2.05, 4.69) is 0 Å². The van der Waals surface area contributed by atoms with Gasteiger partial charge in [-0.25, -0.2) is 9.18 Å². The number of carbonyl (C=O) groups excluding carboxylic acids is 1. The first-order valence-corrected chi connectivity index (χ1v) is 5.74. The summed E-state index contributed by atoms with van der Waals surface area (Å²) in [7, 11) is 1.36. The maximum Gasteiger partial charge on any atom is 0.352 e. The monoisotopic (exact) mass is 277 g/mol. The molecule has 5 nitrogen and oxygen atoms in total. The summed E-state index contributed by atoms with van der Waals surface area (Å²) in [4.78, 5) is 22.6. The van der Waals surface area contributed by atoms with Gasteiger partial charge >= 0.3 is 5.97 Å². The highest BCUT2D eigenvalue weighted by atomic mass is 19.1. The Morgan fingerprint density at radius 1 is 1.30 bits per heavy atom. The van der Waals surface area contributed by atoms with Crippen molar-refractivity contribution < 1.29 is 23.8 Å². The second-order valence-corrected chi connectivity index (χ2v) is 4.16. The van der Waals surface area contributed by atoms with Gasteiger partial charge in [0.15, 0.2) is 5.78 Å². The summed E-state index contributed by atoms with van der Waals surface area (Å²) >= 11 is 0. The van der Waals surface area contributed by atoms with Crippen LogP contribution >= 0.6 is 0 Å². The van der Waals surface area contributed by atoms with Crippen molar-refractivity contribution in [3.8, 4) is 11.4 Å². The lowest BCUT2D eigenvalue weighted by molar-refractivity contribution is 0.0688. The molecular formula is C14H12FNO4. The molecule has 0 unspecified atom stereocenters. The topological polar surface area (TPSA) is 68.5 Å². The van der Waals surface area contributed by atoms with Crippen LogP contribution in [0.5, 0.6) is 5.75 Å². The van der Waals surface area contributed by atoms with Crippen molar-refractivity contribution in [2.75, 3.05) is 7.11 Å². The van der Waals surface area contributed by atoms with Crippen LogP contribution in [0.4, 0.5) is 4.39 Å². The van der Waals surface area contributed by atoms with E-state index >= 15 is 0 Å². The van der Waals surface area contributed by atoms with Crippen molar-refractivity contribution in [3.63, 3.8) is 0 Å². The first-order valence-electron chi connectivity index (χ1n) is 5.74.